The third-order valence-electron chi connectivity index (χ3n) is 5.17. The van der Waals surface area contributed by atoms with Crippen LogP contribution in [0, 0.1) is 0 Å². The number of hydrogen-bond acceptors (Lipinski definition) is 3. The summed E-state index contributed by atoms with van der Waals surface area (Å²) in [5.41, 5.74) is 3.33. The molecule has 0 aliphatic heterocycles. The fraction of sp³-hybridized carbons (Fsp3) is 0.429. The lowest BCUT2D eigenvalue weighted by molar-refractivity contribution is 0.326. The first-order valence-corrected chi connectivity index (χ1v) is 10.9. The fourth-order valence-electron chi connectivity index (χ4n) is 3.98. The molecule has 1 aliphatic rings. The van der Waals surface area contributed by atoms with E-state index < -0.39 is 10.0 Å². The minimum atomic E-state index is -3.70. The second-order valence-electron chi connectivity index (χ2n) is 7.53. The van der Waals surface area contributed by atoms with Crippen molar-refractivity contribution in [3.8, 4) is 11.1 Å². The molecule has 1 saturated carbocycles. The predicted molar refractivity (Wildman–Crippen MR) is 107 cm³/mol. The van der Waals surface area contributed by atoms with Crippen LogP contribution in [0.2, 0.25) is 0 Å². The molecular formula is C21H28N2O2S. The second kappa shape index (κ2) is 7.91. The first-order valence-electron chi connectivity index (χ1n) is 9.33. The number of nitrogens with two attached hydrogens (primary N) is 1. The molecule has 1 aliphatic carbocycles. The molecule has 1 fully saturated rings. The first-order chi connectivity index (χ1) is 12.3. The van der Waals surface area contributed by atoms with Crippen molar-refractivity contribution >= 4 is 10.0 Å². The van der Waals surface area contributed by atoms with Gasteiger partial charge in [0.2, 0.25) is 10.0 Å². The van der Waals surface area contributed by atoms with E-state index in [0.717, 1.165) is 42.4 Å². The molecule has 0 spiro atoms. The van der Waals surface area contributed by atoms with E-state index in [1.807, 2.05) is 24.3 Å². The maximum Gasteiger partial charge on any atom is 0.238 e. The van der Waals surface area contributed by atoms with Crippen LogP contribution in [0.15, 0.2) is 53.4 Å². The number of primary sulfonamides is 1. The van der Waals surface area contributed by atoms with Crippen LogP contribution in [0.1, 0.15) is 51.0 Å². The summed E-state index contributed by atoms with van der Waals surface area (Å²) in [5.74, 6) is 0.358. The molecule has 0 radical (unpaired) electrons. The highest BCUT2D eigenvalue weighted by Crippen LogP contribution is 2.39. The molecule has 3 N–H and O–H groups in total. The van der Waals surface area contributed by atoms with Gasteiger partial charge in [-0.1, -0.05) is 50.2 Å². The zero-order chi connectivity index (χ0) is 18.7. The third-order valence-corrected chi connectivity index (χ3v) is 6.08. The van der Waals surface area contributed by atoms with Crippen molar-refractivity contribution in [3.63, 3.8) is 0 Å². The lowest BCUT2D eigenvalue weighted by Crippen LogP contribution is -2.37. The minimum Gasteiger partial charge on any atom is -0.312 e. The van der Waals surface area contributed by atoms with Gasteiger partial charge in [-0.3, -0.25) is 0 Å². The average Bonchev–Trinajstić information content (AvgIpc) is 2.61. The summed E-state index contributed by atoms with van der Waals surface area (Å²) in [6.07, 6.45) is 4.32. The molecule has 0 heterocycles. The van der Waals surface area contributed by atoms with E-state index in [1.165, 1.54) is 0 Å². The van der Waals surface area contributed by atoms with Gasteiger partial charge in [0, 0.05) is 12.1 Å². The summed E-state index contributed by atoms with van der Waals surface area (Å²) in [4.78, 5) is 0.203. The molecule has 2 aromatic carbocycles. The third kappa shape index (κ3) is 4.53. The molecule has 0 unspecified atom stereocenters. The van der Waals surface area contributed by atoms with E-state index in [-0.39, 0.29) is 4.90 Å². The molecule has 0 aromatic heterocycles. The number of sulfonamides is 1. The molecule has 0 saturated heterocycles. The highest BCUT2D eigenvalue weighted by atomic mass is 32.2. The van der Waals surface area contributed by atoms with Gasteiger partial charge in [0.1, 0.15) is 0 Å². The first kappa shape index (κ1) is 19.1. The van der Waals surface area contributed by atoms with Gasteiger partial charge >= 0.3 is 0 Å². The molecular weight excluding hydrogens is 344 g/mol. The summed E-state index contributed by atoms with van der Waals surface area (Å²) in [6.45, 7) is 4.35. The Balaban J connectivity index is 1.94. The van der Waals surface area contributed by atoms with Crippen LogP contribution in [-0.2, 0) is 10.0 Å². The zero-order valence-corrected chi connectivity index (χ0v) is 16.3. The molecule has 2 aromatic rings. The van der Waals surface area contributed by atoms with Gasteiger partial charge in [-0.2, -0.15) is 0 Å². The van der Waals surface area contributed by atoms with E-state index in [4.69, 9.17) is 5.14 Å². The Hall–Kier alpha value is -1.69. The SMILES string of the molecule is CC(C)NC1CCC(c2cc(S(N)(=O)=O)ccc2-c2ccccc2)CC1. The van der Waals surface area contributed by atoms with Crippen molar-refractivity contribution in [2.45, 2.75) is 62.4 Å². The second-order valence-corrected chi connectivity index (χ2v) is 9.09. The molecule has 26 heavy (non-hydrogen) atoms. The van der Waals surface area contributed by atoms with Gasteiger partial charge in [-0.25, -0.2) is 13.6 Å². The van der Waals surface area contributed by atoms with Crippen molar-refractivity contribution in [1.29, 1.82) is 0 Å². The number of benzene rings is 2. The van der Waals surface area contributed by atoms with Crippen molar-refractivity contribution in [2.24, 2.45) is 5.14 Å². The highest BCUT2D eigenvalue weighted by molar-refractivity contribution is 7.89. The Bertz CT molecular complexity index is 840. The van der Waals surface area contributed by atoms with Crippen molar-refractivity contribution < 1.29 is 8.42 Å². The van der Waals surface area contributed by atoms with Crippen molar-refractivity contribution in [2.75, 3.05) is 0 Å². The zero-order valence-electron chi connectivity index (χ0n) is 15.5. The van der Waals surface area contributed by atoms with E-state index in [9.17, 15) is 8.42 Å². The summed E-state index contributed by atoms with van der Waals surface area (Å²) in [6, 6.07) is 16.5. The van der Waals surface area contributed by atoms with E-state index in [1.54, 1.807) is 12.1 Å². The van der Waals surface area contributed by atoms with Gasteiger partial charge in [0.15, 0.2) is 0 Å². The minimum absolute atomic E-state index is 0.203. The molecule has 4 nitrogen and oxygen atoms in total. The quantitative estimate of drug-likeness (QED) is 0.832. The molecule has 140 valence electrons. The highest BCUT2D eigenvalue weighted by Gasteiger charge is 2.25. The van der Waals surface area contributed by atoms with Crippen LogP contribution in [0.3, 0.4) is 0 Å². The number of hydrogen-bond donors (Lipinski definition) is 2. The Kier molecular flexibility index (Phi) is 5.80. The average molecular weight is 373 g/mol. The van der Waals surface area contributed by atoms with Gasteiger partial charge in [-0.05, 0) is 60.4 Å². The van der Waals surface area contributed by atoms with Gasteiger partial charge < -0.3 is 5.32 Å². The van der Waals surface area contributed by atoms with Crippen LogP contribution >= 0.6 is 0 Å². The summed E-state index contributed by atoms with van der Waals surface area (Å²) < 4.78 is 23.7. The Labute approximate surface area is 156 Å². The van der Waals surface area contributed by atoms with E-state index >= 15 is 0 Å². The topological polar surface area (TPSA) is 72.2 Å². The van der Waals surface area contributed by atoms with Crippen LogP contribution in [0.4, 0.5) is 0 Å². The Morgan fingerprint density at radius 3 is 2.23 bits per heavy atom. The van der Waals surface area contributed by atoms with Crippen molar-refractivity contribution in [1.82, 2.24) is 5.32 Å². The molecule has 0 amide bonds. The fourth-order valence-corrected chi connectivity index (χ4v) is 4.53. The summed E-state index contributed by atoms with van der Waals surface area (Å²) in [7, 11) is -3.70. The summed E-state index contributed by atoms with van der Waals surface area (Å²) in [5, 5.41) is 9.00. The number of rotatable bonds is 5. The maximum atomic E-state index is 11.9. The van der Waals surface area contributed by atoms with Crippen LogP contribution < -0.4 is 10.5 Å². The van der Waals surface area contributed by atoms with Crippen LogP contribution in [-0.4, -0.2) is 20.5 Å². The predicted octanol–water partition coefficient (Wildman–Crippen LogP) is 4.03. The monoisotopic (exact) mass is 372 g/mol. The molecule has 0 bridgehead atoms. The number of nitrogens with one attached hydrogen (secondary N) is 1. The lowest BCUT2D eigenvalue weighted by atomic mass is 9.79. The smallest absolute Gasteiger partial charge is 0.238 e. The molecule has 0 atom stereocenters. The van der Waals surface area contributed by atoms with Crippen molar-refractivity contribution in [3.05, 3.63) is 54.1 Å². The summed E-state index contributed by atoms with van der Waals surface area (Å²) >= 11 is 0. The normalized spacial score (nSPS) is 21.1. The lowest BCUT2D eigenvalue weighted by Gasteiger charge is -2.32. The maximum absolute atomic E-state index is 11.9. The standard InChI is InChI=1S/C21H28N2O2S/c1-15(2)23-18-10-8-17(9-11-18)21-14-19(26(22,24)25)12-13-20(21)16-6-4-3-5-7-16/h3-7,12-15,17-18,23H,8-11H2,1-2H3,(H2,22,24,25). The van der Waals surface area contributed by atoms with Gasteiger partial charge in [-0.15, -0.1) is 0 Å². The van der Waals surface area contributed by atoms with Crippen LogP contribution in [0.5, 0.6) is 0 Å². The molecule has 5 heteroatoms. The van der Waals surface area contributed by atoms with Gasteiger partial charge in [0.25, 0.3) is 0 Å². The Morgan fingerprint density at radius 2 is 1.65 bits per heavy atom. The largest absolute Gasteiger partial charge is 0.312 e. The van der Waals surface area contributed by atoms with Crippen LogP contribution in [0.25, 0.3) is 11.1 Å². The van der Waals surface area contributed by atoms with E-state index in [0.29, 0.717) is 18.0 Å². The van der Waals surface area contributed by atoms with Gasteiger partial charge in [0.05, 0.1) is 4.90 Å². The Morgan fingerprint density at radius 1 is 1.00 bits per heavy atom. The van der Waals surface area contributed by atoms with E-state index in [2.05, 4.69) is 31.3 Å². The molecule has 3 rings (SSSR count).